The zero-order valence-electron chi connectivity index (χ0n) is 13.8. The number of hydrogen-bond acceptors (Lipinski definition) is 7. The Balaban J connectivity index is 0.00000338. The summed E-state index contributed by atoms with van der Waals surface area (Å²) in [6.07, 6.45) is 0. The van der Waals surface area contributed by atoms with E-state index in [0.717, 1.165) is 24.3 Å². The number of benzene rings is 2. The van der Waals surface area contributed by atoms with E-state index >= 15 is 0 Å². The van der Waals surface area contributed by atoms with E-state index in [1.54, 1.807) is 0 Å². The predicted molar refractivity (Wildman–Crippen MR) is 83.4 cm³/mol. The third kappa shape index (κ3) is 4.73. The van der Waals surface area contributed by atoms with Crippen molar-refractivity contribution in [1.29, 1.82) is 0 Å². The van der Waals surface area contributed by atoms with Crippen molar-refractivity contribution < 1.29 is 62.6 Å². The quantitative estimate of drug-likeness (QED) is 0.351. The molecule has 0 aliphatic rings. The molecule has 0 aromatic heterocycles. The van der Waals surface area contributed by atoms with Crippen LogP contribution in [0.3, 0.4) is 0 Å². The van der Waals surface area contributed by atoms with Gasteiger partial charge < -0.3 is 14.9 Å². The summed E-state index contributed by atoms with van der Waals surface area (Å²) in [5, 5.41) is 31.3. The number of aromatic carboxylic acids is 1. The fourth-order valence-corrected chi connectivity index (χ4v) is 3.50. The van der Waals surface area contributed by atoms with Crippen molar-refractivity contribution in [2.24, 2.45) is 0 Å². The SMILES string of the molecule is COc1ccc(CS(=O)(=O)c2ccc([O-])c(C(=O)O)c2)cc1[N+](=O)[O-].[Na+]. The summed E-state index contributed by atoms with van der Waals surface area (Å²) < 4.78 is 29.7. The first kappa shape index (κ1) is 21.9. The van der Waals surface area contributed by atoms with Gasteiger partial charge in [0.05, 0.1) is 28.2 Å². The number of methoxy groups -OCH3 is 1. The Morgan fingerprint density at radius 2 is 1.88 bits per heavy atom. The Morgan fingerprint density at radius 3 is 2.42 bits per heavy atom. The fraction of sp³-hybridized carbons (Fsp3) is 0.133. The van der Waals surface area contributed by atoms with Crippen molar-refractivity contribution in [3.05, 3.63) is 57.6 Å². The topological polar surface area (TPSA) is 147 Å². The van der Waals surface area contributed by atoms with Crippen LogP contribution in [0.2, 0.25) is 0 Å². The van der Waals surface area contributed by atoms with Gasteiger partial charge in [0.2, 0.25) is 0 Å². The van der Waals surface area contributed by atoms with Crippen molar-refractivity contribution in [3.63, 3.8) is 0 Å². The molecule has 0 amide bonds. The standard InChI is InChI=1S/C15H13NO8S.Na/c1-24-14-5-2-9(6-12(14)16(20)21)8-25(22,23)10-3-4-13(17)11(7-10)15(18)19;/h2-7,17H,8H2,1H3,(H,18,19);/q;+1/p-1. The minimum Gasteiger partial charge on any atom is -0.872 e. The Hall–Kier alpha value is -2.14. The number of rotatable bonds is 6. The molecule has 0 aliphatic heterocycles. The molecule has 1 N–H and O–H groups in total. The molecule has 0 saturated carbocycles. The number of carboxylic acid groups (broad SMARTS) is 1. The Morgan fingerprint density at radius 1 is 1.23 bits per heavy atom. The molecular formula is C15H12NNaO8S. The first-order valence-electron chi connectivity index (χ1n) is 6.74. The maximum Gasteiger partial charge on any atom is 1.00 e. The summed E-state index contributed by atoms with van der Waals surface area (Å²) in [4.78, 5) is 20.9. The molecule has 0 unspecified atom stereocenters. The number of ether oxygens (including phenoxy) is 1. The largest absolute Gasteiger partial charge is 1.00 e. The van der Waals surface area contributed by atoms with E-state index in [4.69, 9.17) is 9.84 Å². The van der Waals surface area contributed by atoms with Gasteiger partial charge in [-0.25, -0.2) is 13.2 Å². The number of carboxylic acids is 1. The van der Waals surface area contributed by atoms with Crippen molar-refractivity contribution in [2.45, 2.75) is 10.6 Å². The number of nitrogens with zero attached hydrogens (tertiary/aromatic N) is 1. The maximum atomic E-state index is 12.4. The van der Waals surface area contributed by atoms with Gasteiger partial charge in [0, 0.05) is 6.07 Å². The summed E-state index contributed by atoms with van der Waals surface area (Å²) >= 11 is 0. The summed E-state index contributed by atoms with van der Waals surface area (Å²) in [5.74, 6) is -2.97. The minimum absolute atomic E-state index is 0. The molecule has 2 aromatic carbocycles. The van der Waals surface area contributed by atoms with Crippen LogP contribution in [0.15, 0.2) is 41.3 Å². The molecule has 0 bridgehead atoms. The van der Waals surface area contributed by atoms with Crippen molar-refractivity contribution in [2.75, 3.05) is 7.11 Å². The molecule has 11 heteroatoms. The number of carbonyl (C=O) groups is 1. The normalized spacial score (nSPS) is 10.7. The molecule has 9 nitrogen and oxygen atoms in total. The van der Waals surface area contributed by atoms with Crippen LogP contribution in [0.1, 0.15) is 15.9 Å². The molecule has 132 valence electrons. The van der Waals surface area contributed by atoms with E-state index in [0.29, 0.717) is 0 Å². The molecular weight excluding hydrogens is 377 g/mol. The van der Waals surface area contributed by atoms with Gasteiger partial charge in [-0.15, -0.1) is 0 Å². The number of nitro groups is 1. The molecule has 26 heavy (non-hydrogen) atoms. The predicted octanol–water partition coefficient (Wildman–Crippen LogP) is -1.65. The average Bonchev–Trinajstić information content (AvgIpc) is 2.54. The summed E-state index contributed by atoms with van der Waals surface area (Å²) in [6.45, 7) is 0. The van der Waals surface area contributed by atoms with E-state index in [2.05, 4.69) is 0 Å². The summed E-state index contributed by atoms with van der Waals surface area (Å²) in [6, 6.07) is 6.32. The number of hydrogen-bond donors (Lipinski definition) is 1. The minimum atomic E-state index is -4.01. The van der Waals surface area contributed by atoms with E-state index < -0.39 is 43.5 Å². The van der Waals surface area contributed by atoms with Crippen LogP contribution in [-0.2, 0) is 15.6 Å². The van der Waals surface area contributed by atoms with E-state index in [1.165, 1.54) is 19.2 Å². The maximum absolute atomic E-state index is 12.4. The second-order valence-electron chi connectivity index (χ2n) is 4.99. The molecule has 0 heterocycles. The van der Waals surface area contributed by atoms with Crippen LogP contribution in [-0.4, -0.2) is 31.5 Å². The van der Waals surface area contributed by atoms with Crippen LogP contribution < -0.4 is 39.4 Å². The third-order valence-electron chi connectivity index (χ3n) is 3.34. The van der Waals surface area contributed by atoms with Crippen LogP contribution in [0, 0.1) is 10.1 Å². The van der Waals surface area contributed by atoms with Gasteiger partial charge in [0.1, 0.15) is 0 Å². The number of sulfone groups is 1. The third-order valence-corrected chi connectivity index (χ3v) is 5.02. The van der Waals surface area contributed by atoms with E-state index in [9.17, 15) is 28.4 Å². The summed E-state index contributed by atoms with van der Waals surface area (Å²) in [5.41, 5.74) is -0.936. The molecule has 0 radical (unpaired) electrons. The van der Waals surface area contributed by atoms with Gasteiger partial charge in [0.15, 0.2) is 15.6 Å². The van der Waals surface area contributed by atoms with Gasteiger partial charge in [0.25, 0.3) is 0 Å². The Labute approximate surface area is 170 Å². The van der Waals surface area contributed by atoms with Crippen molar-refractivity contribution >= 4 is 21.5 Å². The molecule has 0 fully saturated rings. The monoisotopic (exact) mass is 389 g/mol. The second kappa shape index (κ2) is 8.49. The van der Waals surface area contributed by atoms with Crippen molar-refractivity contribution in [3.8, 4) is 11.5 Å². The van der Waals surface area contributed by atoms with Gasteiger partial charge in [-0.3, -0.25) is 10.1 Å². The molecule has 0 spiro atoms. The Kier molecular flexibility index (Phi) is 7.16. The molecule has 2 rings (SSSR count). The van der Waals surface area contributed by atoms with Crippen molar-refractivity contribution in [1.82, 2.24) is 0 Å². The van der Waals surface area contributed by atoms with Gasteiger partial charge in [-0.1, -0.05) is 17.9 Å². The smallest absolute Gasteiger partial charge is 0.872 e. The molecule has 2 aromatic rings. The van der Waals surface area contributed by atoms with Gasteiger partial charge >= 0.3 is 41.2 Å². The zero-order valence-corrected chi connectivity index (χ0v) is 16.6. The van der Waals surface area contributed by atoms with Crippen LogP contribution in [0.5, 0.6) is 11.5 Å². The summed E-state index contributed by atoms with van der Waals surface area (Å²) in [7, 11) is -2.77. The second-order valence-corrected chi connectivity index (χ2v) is 6.98. The van der Waals surface area contributed by atoms with Crippen LogP contribution in [0.4, 0.5) is 5.69 Å². The molecule has 0 saturated heterocycles. The molecule has 0 aliphatic carbocycles. The fourth-order valence-electron chi connectivity index (χ4n) is 2.14. The molecule has 0 atom stereocenters. The first-order valence-corrected chi connectivity index (χ1v) is 8.39. The van der Waals surface area contributed by atoms with E-state index in [-0.39, 0.29) is 45.8 Å². The number of nitro benzene ring substituents is 1. The van der Waals surface area contributed by atoms with Gasteiger partial charge in [-0.05, 0) is 23.8 Å². The van der Waals surface area contributed by atoms with Crippen LogP contribution >= 0.6 is 0 Å². The van der Waals surface area contributed by atoms with Crippen LogP contribution in [0.25, 0.3) is 0 Å². The van der Waals surface area contributed by atoms with E-state index in [1.807, 2.05) is 0 Å². The zero-order chi connectivity index (χ0) is 18.8. The average molecular weight is 389 g/mol. The Bertz CT molecular complexity index is 958. The van der Waals surface area contributed by atoms with Gasteiger partial charge in [-0.2, -0.15) is 0 Å². The first-order chi connectivity index (χ1) is 11.7.